The van der Waals surface area contributed by atoms with E-state index in [0.717, 1.165) is 18.1 Å². The smallest absolute Gasteiger partial charge is 0.270 e. The van der Waals surface area contributed by atoms with Crippen molar-refractivity contribution in [2.75, 3.05) is 19.7 Å². The molecule has 0 spiro atoms. The van der Waals surface area contributed by atoms with Gasteiger partial charge in [-0.1, -0.05) is 0 Å². The van der Waals surface area contributed by atoms with Crippen LogP contribution in [0.5, 0.6) is 0 Å². The molecule has 0 aliphatic carbocycles. The van der Waals surface area contributed by atoms with Gasteiger partial charge in [-0.15, -0.1) is 10.2 Å². The Labute approximate surface area is 135 Å². The molecule has 2 aromatic rings. The van der Waals surface area contributed by atoms with Gasteiger partial charge < -0.3 is 18.8 Å². The molecular formula is C16H23N5O2. The molecule has 124 valence electrons. The highest BCUT2D eigenvalue weighted by Gasteiger charge is 2.30. The number of carbonyl (C=O) groups is 1. The fourth-order valence-electron chi connectivity index (χ4n) is 2.93. The highest BCUT2D eigenvalue weighted by atomic mass is 16.5. The van der Waals surface area contributed by atoms with E-state index in [0.29, 0.717) is 19.7 Å². The lowest BCUT2D eigenvalue weighted by molar-refractivity contribution is -0.0287. The van der Waals surface area contributed by atoms with Crippen molar-refractivity contribution in [3.8, 4) is 0 Å². The van der Waals surface area contributed by atoms with Crippen molar-refractivity contribution in [1.29, 1.82) is 0 Å². The first-order valence-corrected chi connectivity index (χ1v) is 8.07. The molecule has 0 bridgehead atoms. The van der Waals surface area contributed by atoms with E-state index in [9.17, 15) is 4.79 Å². The Kier molecular flexibility index (Phi) is 4.47. The summed E-state index contributed by atoms with van der Waals surface area (Å²) < 4.78 is 9.77. The second-order valence-corrected chi connectivity index (χ2v) is 5.98. The van der Waals surface area contributed by atoms with Crippen LogP contribution in [0.1, 0.15) is 49.2 Å². The van der Waals surface area contributed by atoms with Crippen molar-refractivity contribution in [1.82, 2.24) is 24.2 Å². The zero-order chi connectivity index (χ0) is 16.4. The maximum Gasteiger partial charge on any atom is 0.270 e. The van der Waals surface area contributed by atoms with Crippen LogP contribution in [0.2, 0.25) is 0 Å². The van der Waals surface area contributed by atoms with Gasteiger partial charge in [-0.3, -0.25) is 4.79 Å². The molecule has 0 N–H and O–H groups in total. The van der Waals surface area contributed by atoms with E-state index in [-0.39, 0.29) is 18.1 Å². The fraction of sp³-hybridized carbons (Fsp3) is 0.562. The number of ether oxygens (including phenoxy) is 1. The highest BCUT2D eigenvalue weighted by Crippen LogP contribution is 2.22. The van der Waals surface area contributed by atoms with Crippen LogP contribution in [-0.4, -0.2) is 49.8 Å². The zero-order valence-corrected chi connectivity index (χ0v) is 13.8. The van der Waals surface area contributed by atoms with E-state index < -0.39 is 0 Å². The van der Waals surface area contributed by atoms with Crippen LogP contribution >= 0.6 is 0 Å². The van der Waals surface area contributed by atoms with E-state index in [1.807, 2.05) is 39.3 Å². The van der Waals surface area contributed by atoms with Gasteiger partial charge in [0.1, 0.15) is 18.1 Å². The number of nitrogens with zero attached hydrogens (tertiary/aromatic N) is 5. The maximum absolute atomic E-state index is 12.9. The van der Waals surface area contributed by atoms with Gasteiger partial charge in [0, 0.05) is 25.3 Å². The van der Waals surface area contributed by atoms with Gasteiger partial charge in [-0.05, 0) is 32.9 Å². The predicted octanol–water partition coefficient (Wildman–Crippen LogP) is 1.89. The van der Waals surface area contributed by atoms with Crippen molar-refractivity contribution in [3.63, 3.8) is 0 Å². The minimum atomic E-state index is -0.224. The third-order valence-corrected chi connectivity index (χ3v) is 4.18. The SMILES string of the molecule is CCn1cnnc1C1CN(C(=O)c2cccn2C(C)C)CCO1. The summed E-state index contributed by atoms with van der Waals surface area (Å²) in [5, 5.41) is 8.11. The Hall–Kier alpha value is -2.15. The molecule has 1 saturated heterocycles. The minimum absolute atomic E-state index is 0.0413. The number of rotatable bonds is 4. The summed E-state index contributed by atoms with van der Waals surface area (Å²) >= 11 is 0. The quantitative estimate of drug-likeness (QED) is 0.864. The number of amides is 1. The molecule has 1 atom stereocenters. The number of morpholine rings is 1. The molecule has 7 heteroatoms. The monoisotopic (exact) mass is 317 g/mol. The lowest BCUT2D eigenvalue weighted by atomic mass is 10.2. The molecule has 1 aliphatic rings. The Morgan fingerprint density at radius 3 is 3.04 bits per heavy atom. The summed E-state index contributed by atoms with van der Waals surface area (Å²) in [6.07, 6.45) is 3.42. The lowest BCUT2D eigenvalue weighted by Crippen LogP contribution is -2.43. The summed E-state index contributed by atoms with van der Waals surface area (Å²) in [6, 6.07) is 4.05. The van der Waals surface area contributed by atoms with Gasteiger partial charge in [0.25, 0.3) is 5.91 Å². The van der Waals surface area contributed by atoms with Gasteiger partial charge in [0.15, 0.2) is 5.82 Å². The normalized spacial score (nSPS) is 18.6. The predicted molar refractivity (Wildman–Crippen MR) is 85.1 cm³/mol. The number of hydrogen-bond donors (Lipinski definition) is 0. The summed E-state index contributed by atoms with van der Waals surface area (Å²) in [5.41, 5.74) is 0.720. The molecule has 3 heterocycles. The molecule has 2 aromatic heterocycles. The average Bonchev–Trinajstić information content (AvgIpc) is 3.23. The second kappa shape index (κ2) is 6.54. The highest BCUT2D eigenvalue weighted by molar-refractivity contribution is 5.93. The molecular weight excluding hydrogens is 294 g/mol. The number of hydrogen-bond acceptors (Lipinski definition) is 4. The van der Waals surface area contributed by atoms with Crippen LogP contribution in [0, 0.1) is 0 Å². The van der Waals surface area contributed by atoms with Gasteiger partial charge in [-0.25, -0.2) is 0 Å². The molecule has 0 saturated carbocycles. The van der Waals surface area contributed by atoms with E-state index in [4.69, 9.17) is 4.74 Å². The van der Waals surface area contributed by atoms with Crippen LogP contribution in [-0.2, 0) is 11.3 Å². The maximum atomic E-state index is 12.9. The molecule has 3 rings (SSSR count). The number of carbonyl (C=O) groups excluding carboxylic acids is 1. The van der Waals surface area contributed by atoms with Crippen molar-refractivity contribution in [2.24, 2.45) is 0 Å². The van der Waals surface area contributed by atoms with Crippen molar-refractivity contribution < 1.29 is 9.53 Å². The first-order chi connectivity index (χ1) is 11.1. The minimum Gasteiger partial charge on any atom is -0.366 e. The first-order valence-electron chi connectivity index (χ1n) is 8.07. The van der Waals surface area contributed by atoms with Gasteiger partial charge in [0.2, 0.25) is 0 Å². The standard InChI is InChI=1S/C16H23N5O2/c1-4-19-11-17-18-15(19)14-10-20(8-9-23-14)16(22)13-6-5-7-21(13)12(2)3/h5-7,11-12,14H,4,8-10H2,1-3H3. The van der Waals surface area contributed by atoms with Crippen molar-refractivity contribution in [2.45, 2.75) is 39.5 Å². The Balaban J connectivity index is 1.78. The zero-order valence-electron chi connectivity index (χ0n) is 13.8. The molecule has 1 aliphatic heterocycles. The van der Waals surface area contributed by atoms with E-state index in [2.05, 4.69) is 24.0 Å². The van der Waals surface area contributed by atoms with E-state index in [1.165, 1.54) is 0 Å². The Morgan fingerprint density at radius 2 is 2.30 bits per heavy atom. The van der Waals surface area contributed by atoms with Crippen LogP contribution in [0.25, 0.3) is 0 Å². The molecule has 0 radical (unpaired) electrons. The molecule has 1 unspecified atom stereocenters. The van der Waals surface area contributed by atoms with Crippen LogP contribution < -0.4 is 0 Å². The van der Waals surface area contributed by atoms with Crippen molar-refractivity contribution >= 4 is 5.91 Å². The van der Waals surface area contributed by atoms with Crippen LogP contribution in [0.4, 0.5) is 0 Å². The molecule has 1 amide bonds. The first kappa shape index (κ1) is 15.7. The van der Waals surface area contributed by atoms with Gasteiger partial charge >= 0.3 is 0 Å². The second-order valence-electron chi connectivity index (χ2n) is 5.98. The van der Waals surface area contributed by atoms with E-state index >= 15 is 0 Å². The third-order valence-electron chi connectivity index (χ3n) is 4.18. The number of aromatic nitrogens is 4. The molecule has 0 aromatic carbocycles. The van der Waals surface area contributed by atoms with Gasteiger partial charge in [0.05, 0.1) is 13.2 Å². The fourth-order valence-corrected chi connectivity index (χ4v) is 2.93. The largest absolute Gasteiger partial charge is 0.366 e. The summed E-state index contributed by atoms with van der Waals surface area (Å²) in [6.45, 7) is 8.57. The lowest BCUT2D eigenvalue weighted by Gasteiger charge is -2.33. The van der Waals surface area contributed by atoms with Crippen molar-refractivity contribution in [3.05, 3.63) is 36.2 Å². The summed E-state index contributed by atoms with van der Waals surface area (Å²) in [7, 11) is 0. The topological polar surface area (TPSA) is 65.2 Å². The Morgan fingerprint density at radius 1 is 1.48 bits per heavy atom. The third kappa shape index (κ3) is 3.01. The van der Waals surface area contributed by atoms with Gasteiger partial charge in [-0.2, -0.15) is 0 Å². The molecule has 1 fully saturated rings. The average molecular weight is 317 g/mol. The Bertz CT molecular complexity index is 676. The number of aryl methyl sites for hydroxylation is 1. The van der Waals surface area contributed by atoms with Crippen LogP contribution in [0.15, 0.2) is 24.7 Å². The molecule has 23 heavy (non-hydrogen) atoms. The summed E-state index contributed by atoms with van der Waals surface area (Å²) in [4.78, 5) is 14.7. The molecule has 7 nitrogen and oxygen atoms in total. The van der Waals surface area contributed by atoms with E-state index in [1.54, 1.807) is 6.33 Å². The summed E-state index contributed by atoms with van der Waals surface area (Å²) in [5.74, 6) is 0.823. The van der Waals surface area contributed by atoms with Crippen LogP contribution in [0.3, 0.4) is 0 Å².